The summed E-state index contributed by atoms with van der Waals surface area (Å²) in [6.07, 6.45) is 1.93. The molecule has 2 aliphatic rings. The maximum atomic E-state index is 12.9. The lowest BCUT2D eigenvalue weighted by molar-refractivity contribution is -0.123. The van der Waals surface area contributed by atoms with Gasteiger partial charge in [0.25, 0.3) is 0 Å². The minimum Gasteiger partial charge on any atom is -0.444 e. The van der Waals surface area contributed by atoms with Gasteiger partial charge in [-0.1, -0.05) is 6.07 Å². The largest absolute Gasteiger partial charge is 0.444 e. The second kappa shape index (κ2) is 6.58. The molecule has 3 rings (SSSR count). The molecule has 6 heteroatoms. The third kappa shape index (κ3) is 3.89. The topological polar surface area (TPSA) is 75.9 Å². The van der Waals surface area contributed by atoms with Gasteiger partial charge in [-0.2, -0.15) is 0 Å². The number of nitrogens with zero attached hydrogens (tertiary/aromatic N) is 2. The molecule has 1 aromatic rings. The number of anilines is 2. The summed E-state index contributed by atoms with van der Waals surface area (Å²) in [5.41, 5.74) is 8.18. The fourth-order valence-corrected chi connectivity index (χ4v) is 3.48. The lowest BCUT2D eigenvalue weighted by Gasteiger charge is -2.34. The highest BCUT2D eigenvalue weighted by Crippen LogP contribution is 2.32. The molecule has 2 heterocycles. The summed E-state index contributed by atoms with van der Waals surface area (Å²) >= 11 is 0. The van der Waals surface area contributed by atoms with Crippen molar-refractivity contribution in [2.75, 3.05) is 30.3 Å². The highest BCUT2D eigenvalue weighted by atomic mass is 16.6. The van der Waals surface area contributed by atoms with E-state index < -0.39 is 5.60 Å². The van der Waals surface area contributed by atoms with Crippen LogP contribution in [-0.2, 0) is 16.0 Å². The Morgan fingerprint density at radius 2 is 1.84 bits per heavy atom. The van der Waals surface area contributed by atoms with Gasteiger partial charge < -0.3 is 20.3 Å². The first kappa shape index (κ1) is 17.6. The lowest BCUT2D eigenvalue weighted by atomic mass is 9.95. The van der Waals surface area contributed by atoms with Crippen LogP contribution in [0.1, 0.15) is 39.2 Å². The number of benzene rings is 1. The molecule has 0 atom stereocenters. The predicted molar refractivity (Wildman–Crippen MR) is 97.4 cm³/mol. The quantitative estimate of drug-likeness (QED) is 0.794. The van der Waals surface area contributed by atoms with Crippen LogP contribution < -0.4 is 10.6 Å². The second-order valence-corrected chi connectivity index (χ2v) is 7.87. The summed E-state index contributed by atoms with van der Waals surface area (Å²) in [5, 5.41) is 0. The van der Waals surface area contributed by atoms with E-state index in [9.17, 15) is 9.59 Å². The SMILES string of the molecule is CC(C)(C)OC(=O)N1CCC(C(=O)N2CCc3ccc(N)cc32)CC1. The average Bonchev–Trinajstić information content (AvgIpc) is 2.95. The van der Waals surface area contributed by atoms with Crippen molar-refractivity contribution in [1.82, 2.24) is 4.90 Å². The minimum absolute atomic E-state index is 0.0499. The fourth-order valence-electron chi connectivity index (χ4n) is 3.48. The van der Waals surface area contributed by atoms with Gasteiger partial charge in [0, 0.05) is 36.9 Å². The van der Waals surface area contributed by atoms with Crippen LogP contribution in [0.3, 0.4) is 0 Å². The molecule has 0 saturated carbocycles. The van der Waals surface area contributed by atoms with Gasteiger partial charge in [0.15, 0.2) is 0 Å². The Labute approximate surface area is 148 Å². The number of fused-ring (bicyclic) bond motifs is 1. The van der Waals surface area contributed by atoms with Crippen LogP contribution in [0.2, 0.25) is 0 Å². The maximum absolute atomic E-state index is 12.9. The van der Waals surface area contributed by atoms with E-state index in [4.69, 9.17) is 10.5 Å². The van der Waals surface area contributed by atoms with Crippen LogP contribution in [0, 0.1) is 5.92 Å². The van der Waals surface area contributed by atoms with Crippen LogP contribution >= 0.6 is 0 Å². The van der Waals surface area contributed by atoms with E-state index in [1.807, 2.05) is 43.9 Å². The number of amides is 2. The van der Waals surface area contributed by atoms with Gasteiger partial charge in [0.1, 0.15) is 5.60 Å². The first-order valence-electron chi connectivity index (χ1n) is 8.92. The normalized spacial score (nSPS) is 18.2. The smallest absolute Gasteiger partial charge is 0.410 e. The van der Waals surface area contributed by atoms with Gasteiger partial charge in [-0.25, -0.2) is 4.79 Å². The molecule has 0 aromatic heterocycles. The van der Waals surface area contributed by atoms with E-state index in [1.54, 1.807) is 4.90 Å². The van der Waals surface area contributed by atoms with Crippen molar-refractivity contribution < 1.29 is 14.3 Å². The summed E-state index contributed by atoms with van der Waals surface area (Å²) in [5.74, 6) is 0.0965. The van der Waals surface area contributed by atoms with Crippen LogP contribution in [0.5, 0.6) is 0 Å². The van der Waals surface area contributed by atoms with Gasteiger partial charge in [0.2, 0.25) is 5.91 Å². The molecule has 0 aliphatic carbocycles. The number of piperidine rings is 1. The zero-order valence-corrected chi connectivity index (χ0v) is 15.2. The standard InChI is InChI=1S/C19H27N3O3/c1-19(2,3)25-18(24)21-9-6-14(7-10-21)17(23)22-11-8-13-4-5-15(20)12-16(13)22/h4-5,12,14H,6-11,20H2,1-3H3. The minimum atomic E-state index is -0.497. The molecule has 1 fully saturated rings. The Morgan fingerprint density at radius 1 is 1.16 bits per heavy atom. The molecule has 0 bridgehead atoms. The molecule has 2 aliphatic heterocycles. The summed E-state index contributed by atoms with van der Waals surface area (Å²) in [6, 6.07) is 5.77. The Hall–Kier alpha value is -2.24. The van der Waals surface area contributed by atoms with Crippen LogP contribution in [0.25, 0.3) is 0 Å². The number of nitrogen functional groups attached to an aromatic ring is 1. The molecule has 25 heavy (non-hydrogen) atoms. The number of rotatable bonds is 1. The molecule has 136 valence electrons. The van der Waals surface area contributed by atoms with Gasteiger partial charge in [0.05, 0.1) is 0 Å². The van der Waals surface area contributed by atoms with Crippen LogP contribution in [0.4, 0.5) is 16.2 Å². The van der Waals surface area contributed by atoms with Gasteiger partial charge >= 0.3 is 6.09 Å². The molecular formula is C19H27N3O3. The predicted octanol–water partition coefficient (Wildman–Crippen LogP) is 2.81. The van der Waals surface area contributed by atoms with Crippen molar-refractivity contribution in [3.63, 3.8) is 0 Å². The number of carbonyl (C=O) groups is 2. The van der Waals surface area contributed by atoms with Crippen molar-refractivity contribution in [2.24, 2.45) is 5.92 Å². The first-order valence-corrected chi connectivity index (χ1v) is 8.92. The number of carbonyl (C=O) groups excluding carboxylic acids is 2. The summed E-state index contributed by atoms with van der Waals surface area (Å²) in [4.78, 5) is 28.6. The molecule has 2 amide bonds. The van der Waals surface area contributed by atoms with E-state index >= 15 is 0 Å². The highest BCUT2D eigenvalue weighted by Gasteiger charge is 2.34. The highest BCUT2D eigenvalue weighted by molar-refractivity contribution is 5.97. The van der Waals surface area contributed by atoms with E-state index in [2.05, 4.69) is 0 Å². The third-order valence-electron chi connectivity index (χ3n) is 4.77. The number of nitrogens with two attached hydrogens (primary N) is 1. The molecule has 1 aromatic carbocycles. The molecule has 0 unspecified atom stereocenters. The van der Waals surface area contributed by atoms with Gasteiger partial charge in [-0.3, -0.25) is 4.79 Å². The molecule has 6 nitrogen and oxygen atoms in total. The average molecular weight is 345 g/mol. The zero-order chi connectivity index (χ0) is 18.2. The van der Waals surface area contributed by atoms with Crippen molar-refractivity contribution in [3.8, 4) is 0 Å². The van der Waals surface area contributed by atoms with Crippen LogP contribution in [0.15, 0.2) is 18.2 Å². The number of hydrogen-bond donors (Lipinski definition) is 1. The number of ether oxygens (including phenoxy) is 1. The Bertz CT molecular complexity index is 673. The van der Waals surface area contributed by atoms with Gasteiger partial charge in [-0.05, 0) is 57.7 Å². The number of hydrogen-bond acceptors (Lipinski definition) is 4. The van der Waals surface area contributed by atoms with E-state index in [0.29, 0.717) is 38.2 Å². The second-order valence-electron chi connectivity index (χ2n) is 7.87. The molecule has 0 radical (unpaired) electrons. The van der Waals surface area contributed by atoms with Crippen LogP contribution in [-0.4, -0.2) is 42.1 Å². The molecule has 0 spiro atoms. The van der Waals surface area contributed by atoms with Crippen molar-refractivity contribution >= 4 is 23.4 Å². The molecule has 2 N–H and O–H groups in total. The summed E-state index contributed by atoms with van der Waals surface area (Å²) in [7, 11) is 0. The summed E-state index contributed by atoms with van der Waals surface area (Å²) < 4.78 is 5.41. The maximum Gasteiger partial charge on any atom is 0.410 e. The molecule has 1 saturated heterocycles. The van der Waals surface area contributed by atoms with E-state index in [0.717, 1.165) is 12.1 Å². The van der Waals surface area contributed by atoms with Crippen molar-refractivity contribution in [1.29, 1.82) is 0 Å². The lowest BCUT2D eigenvalue weighted by Crippen LogP contribution is -2.45. The van der Waals surface area contributed by atoms with Gasteiger partial charge in [-0.15, -0.1) is 0 Å². The van der Waals surface area contributed by atoms with E-state index in [-0.39, 0.29) is 17.9 Å². The fraction of sp³-hybridized carbons (Fsp3) is 0.579. The third-order valence-corrected chi connectivity index (χ3v) is 4.77. The Balaban J connectivity index is 1.60. The van der Waals surface area contributed by atoms with E-state index in [1.165, 1.54) is 5.56 Å². The first-order chi connectivity index (χ1) is 11.7. The van der Waals surface area contributed by atoms with Crippen molar-refractivity contribution in [2.45, 2.75) is 45.6 Å². The Kier molecular flexibility index (Phi) is 4.62. The summed E-state index contributed by atoms with van der Waals surface area (Å²) in [6.45, 7) is 7.41. The zero-order valence-electron chi connectivity index (χ0n) is 15.2. The molecular weight excluding hydrogens is 318 g/mol. The van der Waals surface area contributed by atoms with Crippen molar-refractivity contribution in [3.05, 3.63) is 23.8 Å². The number of likely N-dealkylation sites (tertiary alicyclic amines) is 1. The Morgan fingerprint density at radius 3 is 2.48 bits per heavy atom. The monoisotopic (exact) mass is 345 g/mol.